The normalized spacial score (nSPS) is 21.9. The first-order valence-corrected chi connectivity index (χ1v) is 7.37. The molecule has 0 aromatic heterocycles. The van der Waals surface area contributed by atoms with Gasteiger partial charge in [0.05, 0.1) is 0 Å². The molecule has 1 aliphatic heterocycles. The van der Waals surface area contributed by atoms with Crippen molar-refractivity contribution in [2.75, 3.05) is 26.2 Å². The van der Waals surface area contributed by atoms with Gasteiger partial charge < -0.3 is 15.3 Å². The Morgan fingerprint density at radius 3 is 2.45 bits per heavy atom. The van der Waals surface area contributed by atoms with Gasteiger partial charge in [0.2, 0.25) is 0 Å². The van der Waals surface area contributed by atoms with Crippen molar-refractivity contribution >= 4 is 12.0 Å². The van der Waals surface area contributed by atoms with Gasteiger partial charge in [0.25, 0.3) is 0 Å². The van der Waals surface area contributed by atoms with Crippen LogP contribution in [-0.4, -0.2) is 65.2 Å². The number of nitrogens with one attached hydrogen (secondary N) is 1. The van der Waals surface area contributed by atoms with Crippen LogP contribution in [0.3, 0.4) is 0 Å². The Balaban J connectivity index is 2.55. The molecule has 2 atom stereocenters. The van der Waals surface area contributed by atoms with Crippen LogP contribution in [0.15, 0.2) is 0 Å². The second-order valence-corrected chi connectivity index (χ2v) is 5.89. The molecule has 1 heterocycles. The summed E-state index contributed by atoms with van der Waals surface area (Å²) in [5.41, 5.74) is 0. The first-order valence-electron chi connectivity index (χ1n) is 7.37. The number of rotatable bonds is 5. The summed E-state index contributed by atoms with van der Waals surface area (Å²) in [4.78, 5) is 27.4. The molecule has 2 N–H and O–H groups in total. The highest BCUT2D eigenvalue weighted by atomic mass is 16.4. The van der Waals surface area contributed by atoms with E-state index in [2.05, 4.69) is 24.1 Å². The number of hydrogen-bond donors (Lipinski definition) is 2. The van der Waals surface area contributed by atoms with Crippen molar-refractivity contribution in [2.45, 2.75) is 46.2 Å². The van der Waals surface area contributed by atoms with E-state index in [4.69, 9.17) is 5.11 Å². The summed E-state index contributed by atoms with van der Waals surface area (Å²) < 4.78 is 0. The van der Waals surface area contributed by atoms with E-state index in [0.717, 1.165) is 13.1 Å². The fourth-order valence-electron chi connectivity index (χ4n) is 2.58. The first-order chi connectivity index (χ1) is 9.35. The predicted molar refractivity (Wildman–Crippen MR) is 77.7 cm³/mol. The molecule has 6 nitrogen and oxygen atoms in total. The molecule has 1 fully saturated rings. The third-order valence-electron chi connectivity index (χ3n) is 3.76. The molecule has 0 spiro atoms. The molecule has 116 valence electrons. The van der Waals surface area contributed by atoms with E-state index in [1.54, 1.807) is 4.90 Å². The minimum absolute atomic E-state index is 0.229. The number of piperazine rings is 1. The van der Waals surface area contributed by atoms with E-state index in [1.165, 1.54) is 0 Å². The van der Waals surface area contributed by atoms with E-state index < -0.39 is 12.0 Å². The Morgan fingerprint density at radius 2 is 2.00 bits per heavy atom. The number of aliphatic carboxylic acids is 1. The Labute approximate surface area is 121 Å². The van der Waals surface area contributed by atoms with Gasteiger partial charge >= 0.3 is 12.0 Å². The summed E-state index contributed by atoms with van der Waals surface area (Å²) >= 11 is 0. The van der Waals surface area contributed by atoms with E-state index in [1.807, 2.05) is 13.8 Å². The number of hydrogen-bond acceptors (Lipinski definition) is 3. The molecule has 1 aliphatic rings. The second-order valence-electron chi connectivity index (χ2n) is 5.89. The molecule has 20 heavy (non-hydrogen) atoms. The molecule has 0 aromatic carbocycles. The molecule has 6 heteroatoms. The molecule has 0 radical (unpaired) electrons. The summed E-state index contributed by atoms with van der Waals surface area (Å²) in [6.07, 6.45) is 0.450. The van der Waals surface area contributed by atoms with Crippen molar-refractivity contribution in [1.82, 2.24) is 15.1 Å². The minimum Gasteiger partial charge on any atom is -0.480 e. The van der Waals surface area contributed by atoms with Crippen molar-refractivity contribution < 1.29 is 14.7 Å². The molecule has 0 bridgehead atoms. The van der Waals surface area contributed by atoms with Crippen LogP contribution >= 0.6 is 0 Å². The number of likely N-dealkylation sites (N-methyl/N-ethyl adjacent to an activating group) is 1. The standard InChI is InChI=1S/C14H27N3O3/c1-5-16-6-7-17(9-11(16)4)14(20)15-12(13(18)19)8-10(2)3/h10-12H,5-9H2,1-4H3,(H,15,20)(H,18,19)/t11?,12-/m0/s1. The van der Waals surface area contributed by atoms with Crippen LogP contribution < -0.4 is 5.32 Å². The molecule has 1 saturated heterocycles. The van der Waals surface area contributed by atoms with Gasteiger partial charge in [-0.1, -0.05) is 20.8 Å². The van der Waals surface area contributed by atoms with Crippen LogP contribution in [0.1, 0.15) is 34.1 Å². The average molecular weight is 285 g/mol. The quantitative estimate of drug-likeness (QED) is 0.796. The second kappa shape index (κ2) is 7.47. The van der Waals surface area contributed by atoms with Crippen molar-refractivity contribution in [3.05, 3.63) is 0 Å². The number of urea groups is 1. The van der Waals surface area contributed by atoms with Crippen molar-refractivity contribution in [3.63, 3.8) is 0 Å². The van der Waals surface area contributed by atoms with Gasteiger partial charge in [0.15, 0.2) is 0 Å². The number of carboxylic acid groups (broad SMARTS) is 1. The number of nitrogens with zero attached hydrogens (tertiary/aromatic N) is 2. The van der Waals surface area contributed by atoms with Gasteiger partial charge in [0, 0.05) is 25.7 Å². The maximum atomic E-state index is 12.2. The van der Waals surface area contributed by atoms with Crippen LogP contribution in [0, 0.1) is 5.92 Å². The predicted octanol–water partition coefficient (Wildman–Crippen LogP) is 1.22. The maximum absolute atomic E-state index is 12.2. The maximum Gasteiger partial charge on any atom is 0.326 e. The third kappa shape index (κ3) is 4.67. The Morgan fingerprint density at radius 1 is 1.35 bits per heavy atom. The summed E-state index contributed by atoms with van der Waals surface area (Å²) in [5, 5.41) is 11.8. The van der Waals surface area contributed by atoms with Gasteiger partial charge in [-0.05, 0) is 25.8 Å². The summed E-state index contributed by atoms with van der Waals surface area (Å²) in [6, 6.07) is -0.754. The van der Waals surface area contributed by atoms with Crippen molar-refractivity contribution in [3.8, 4) is 0 Å². The molecule has 0 saturated carbocycles. The highest BCUT2D eigenvalue weighted by Crippen LogP contribution is 2.10. The summed E-state index contributed by atoms with van der Waals surface area (Å²) in [7, 11) is 0. The fourth-order valence-corrected chi connectivity index (χ4v) is 2.58. The van der Waals surface area contributed by atoms with Crippen molar-refractivity contribution in [1.29, 1.82) is 0 Å². The summed E-state index contributed by atoms with van der Waals surface area (Å²) in [6.45, 7) is 11.2. The Hall–Kier alpha value is -1.30. The third-order valence-corrected chi connectivity index (χ3v) is 3.76. The molecule has 1 rings (SSSR count). The van der Waals surface area contributed by atoms with Crippen molar-refractivity contribution in [2.24, 2.45) is 5.92 Å². The first kappa shape index (κ1) is 16.8. The zero-order valence-corrected chi connectivity index (χ0v) is 12.9. The number of carbonyl (C=O) groups excluding carboxylic acids is 1. The van der Waals surface area contributed by atoms with Crippen LogP contribution in [0.2, 0.25) is 0 Å². The topological polar surface area (TPSA) is 72.9 Å². The van der Waals surface area contributed by atoms with Gasteiger partial charge in [-0.15, -0.1) is 0 Å². The Kier molecular flexibility index (Phi) is 6.26. The Bertz CT molecular complexity index is 347. The lowest BCUT2D eigenvalue weighted by Gasteiger charge is -2.39. The highest BCUT2D eigenvalue weighted by Gasteiger charge is 2.28. The average Bonchev–Trinajstić information content (AvgIpc) is 2.37. The van der Waals surface area contributed by atoms with Gasteiger partial charge in [-0.25, -0.2) is 9.59 Å². The van der Waals surface area contributed by atoms with Crippen LogP contribution in [-0.2, 0) is 4.79 Å². The highest BCUT2D eigenvalue weighted by molar-refractivity contribution is 5.82. The number of amides is 2. The molecule has 0 aromatic rings. The van der Waals surface area contributed by atoms with Gasteiger partial charge in [-0.2, -0.15) is 0 Å². The van der Waals surface area contributed by atoms with E-state index in [0.29, 0.717) is 25.6 Å². The smallest absolute Gasteiger partial charge is 0.326 e. The van der Waals surface area contributed by atoms with Crippen LogP contribution in [0.5, 0.6) is 0 Å². The molecule has 2 amide bonds. The molecular formula is C14H27N3O3. The fraction of sp³-hybridized carbons (Fsp3) is 0.857. The van der Waals surface area contributed by atoms with E-state index in [-0.39, 0.29) is 11.9 Å². The lowest BCUT2D eigenvalue weighted by atomic mass is 10.0. The van der Waals surface area contributed by atoms with Gasteiger partial charge in [0.1, 0.15) is 6.04 Å². The monoisotopic (exact) mass is 285 g/mol. The van der Waals surface area contributed by atoms with Crippen LogP contribution in [0.4, 0.5) is 4.79 Å². The molecule has 0 aliphatic carbocycles. The van der Waals surface area contributed by atoms with E-state index >= 15 is 0 Å². The molecular weight excluding hydrogens is 258 g/mol. The number of carboxylic acids is 1. The largest absolute Gasteiger partial charge is 0.480 e. The van der Waals surface area contributed by atoms with Gasteiger partial charge in [-0.3, -0.25) is 4.90 Å². The zero-order chi connectivity index (χ0) is 15.3. The zero-order valence-electron chi connectivity index (χ0n) is 12.9. The summed E-state index contributed by atoms with van der Waals surface area (Å²) in [5.74, 6) is -0.737. The number of carbonyl (C=O) groups is 2. The lowest BCUT2D eigenvalue weighted by Crippen LogP contribution is -2.57. The SMILES string of the molecule is CCN1CCN(C(=O)N[C@@H](CC(C)C)C(=O)O)CC1C. The van der Waals surface area contributed by atoms with E-state index in [9.17, 15) is 9.59 Å². The van der Waals surface area contributed by atoms with Crippen LogP contribution in [0.25, 0.3) is 0 Å². The lowest BCUT2D eigenvalue weighted by molar-refractivity contribution is -0.139. The molecule has 1 unspecified atom stereocenters. The minimum atomic E-state index is -0.965.